The lowest BCUT2D eigenvalue weighted by molar-refractivity contribution is -0.143. The minimum absolute atomic E-state index is 0.0168. The van der Waals surface area contributed by atoms with Crippen molar-refractivity contribution in [3.05, 3.63) is 113 Å². The highest BCUT2D eigenvalue weighted by atomic mass is 35.5. The van der Waals surface area contributed by atoms with Crippen molar-refractivity contribution < 1.29 is 32.6 Å². The summed E-state index contributed by atoms with van der Waals surface area (Å²) in [5.74, 6) is -3.56. The summed E-state index contributed by atoms with van der Waals surface area (Å²) in [4.78, 5) is 23.9. The van der Waals surface area contributed by atoms with Gasteiger partial charge in [0.1, 0.15) is 11.3 Å². The molecule has 8 nitrogen and oxygen atoms in total. The molecule has 4 aromatic rings. The van der Waals surface area contributed by atoms with Gasteiger partial charge in [-0.25, -0.2) is 13.2 Å². The number of carboxylic acid groups (broad SMARTS) is 2. The maximum Gasteiger partial charge on any atom is 0.371 e. The molecule has 2 atom stereocenters. The third-order valence-corrected chi connectivity index (χ3v) is 8.90. The SMILES string of the molecule is O=C(O)c1ccc(CN(C2(C(=O)O)CC2c2ccccc2)S(=O)(=O)c2ccc(-c3ccc(Cl)cc3)cc2)o1. The lowest BCUT2D eigenvalue weighted by atomic mass is 10.1. The van der Waals surface area contributed by atoms with Gasteiger partial charge < -0.3 is 14.6 Å². The third-order valence-electron chi connectivity index (χ3n) is 6.74. The number of benzene rings is 3. The quantitative estimate of drug-likeness (QED) is 0.281. The third kappa shape index (κ3) is 4.60. The molecule has 38 heavy (non-hydrogen) atoms. The number of furan rings is 1. The number of carbonyl (C=O) groups is 2. The van der Waals surface area contributed by atoms with Crippen molar-refractivity contribution in [1.82, 2.24) is 4.31 Å². The Kier molecular flexibility index (Phi) is 6.60. The van der Waals surface area contributed by atoms with Crippen molar-refractivity contribution in [3.63, 3.8) is 0 Å². The van der Waals surface area contributed by atoms with E-state index in [-0.39, 0.29) is 22.8 Å². The Morgan fingerprint density at radius 2 is 1.50 bits per heavy atom. The van der Waals surface area contributed by atoms with Crippen molar-refractivity contribution >= 4 is 33.6 Å². The second kappa shape index (κ2) is 9.75. The van der Waals surface area contributed by atoms with Crippen LogP contribution in [0.25, 0.3) is 11.1 Å². The van der Waals surface area contributed by atoms with Crippen molar-refractivity contribution in [3.8, 4) is 11.1 Å². The molecule has 1 aliphatic carbocycles. The lowest BCUT2D eigenvalue weighted by Crippen LogP contribution is -2.48. The molecule has 0 radical (unpaired) electrons. The highest BCUT2D eigenvalue weighted by Gasteiger charge is 2.68. The van der Waals surface area contributed by atoms with Gasteiger partial charge in [0, 0.05) is 10.9 Å². The van der Waals surface area contributed by atoms with E-state index in [1.54, 1.807) is 54.6 Å². The zero-order valence-corrected chi connectivity index (χ0v) is 21.4. The Balaban J connectivity index is 1.56. The summed E-state index contributed by atoms with van der Waals surface area (Å²) < 4.78 is 34.3. The van der Waals surface area contributed by atoms with E-state index in [9.17, 15) is 28.2 Å². The fraction of sp³-hybridized carbons (Fsp3) is 0.143. The molecular formula is C28H22ClNO7S. The molecule has 5 rings (SSSR count). The smallest absolute Gasteiger partial charge is 0.371 e. The van der Waals surface area contributed by atoms with Crippen LogP contribution in [0, 0.1) is 0 Å². The number of nitrogens with zero attached hydrogens (tertiary/aromatic N) is 1. The summed E-state index contributed by atoms with van der Waals surface area (Å²) in [5, 5.41) is 20.2. The molecule has 0 aliphatic heterocycles. The molecule has 2 unspecified atom stereocenters. The second-order valence-corrected chi connectivity index (χ2v) is 11.3. The number of aromatic carboxylic acids is 1. The Morgan fingerprint density at radius 1 is 0.895 bits per heavy atom. The first-order valence-electron chi connectivity index (χ1n) is 11.6. The molecule has 0 saturated heterocycles. The molecule has 1 aromatic heterocycles. The molecule has 10 heteroatoms. The van der Waals surface area contributed by atoms with Crippen LogP contribution in [0.4, 0.5) is 0 Å². The van der Waals surface area contributed by atoms with Crippen LogP contribution >= 0.6 is 11.6 Å². The Morgan fingerprint density at radius 3 is 2.05 bits per heavy atom. The summed E-state index contributed by atoms with van der Waals surface area (Å²) in [6, 6.07) is 24.6. The molecular weight excluding hydrogens is 530 g/mol. The van der Waals surface area contributed by atoms with Crippen LogP contribution in [0.1, 0.15) is 34.2 Å². The zero-order valence-electron chi connectivity index (χ0n) is 19.8. The largest absolute Gasteiger partial charge is 0.480 e. The average molecular weight is 552 g/mol. The van der Waals surface area contributed by atoms with E-state index in [0.717, 1.165) is 15.4 Å². The molecule has 3 aromatic carbocycles. The van der Waals surface area contributed by atoms with Crippen LogP contribution in [-0.2, 0) is 21.4 Å². The van der Waals surface area contributed by atoms with E-state index in [4.69, 9.17) is 16.0 Å². The summed E-state index contributed by atoms with van der Waals surface area (Å²) in [6.45, 7) is -0.454. The van der Waals surface area contributed by atoms with Crippen LogP contribution in [0.15, 0.2) is 100 Å². The van der Waals surface area contributed by atoms with Crippen molar-refractivity contribution in [2.45, 2.75) is 29.3 Å². The van der Waals surface area contributed by atoms with Gasteiger partial charge in [0.25, 0.3) is 0 Å². The molecule has 1 heterocycles. The standard InChI is InChI=1S/C28H22ClNO7S/c29-21-10-6-18(7-11-21)19-8-13-23(14-9-19)38(35,36)30(17-22-12-15-25(37-22)26(31)32)28(27(33)34)16-24(28)20-4-2-1-3-5-20/h1-15,24H,16-17H2,(H,31,32)(H,33,34). The number of hydrogen-bond acceptors (Lipinski definition) is 5. The summed E-state index contributed by atoms with van der Waals surface area (Å²) >= 11 is 5.96. The Labute approximate surface area is 223 Å². The maximum absolute atomic E-state index is 14.0. The van der Waals surface area contributed by atoms with E-state index >= 15 is 0 Å². The fourth-order valence-electron chi connectivity index (χ4n) is 4.70. The number of rotatable bonds is 9. The van der Waals surface area contributed by atoms with Crippen LogP contribution in [-0.4, -0.2) is 40.4 Å². The molecule has 0 bridgehead atoms. The van der Waals surface area contributed by atoms with Gasteiger partial charge in [0.05, 0.1) is 11.4 Å². The number of aliphatic carboxylic acids is 1. The Bertz CT molecular complexity index is 1600. The topological polar surface area (TPSA) is 125 Å². The van der Waals surface area contributed by atoms with E-state index in [2.05, 4.69) is 0 Å². The molecule has 1 saturated carbocycles. The number of halogens is 1. The van der Waals surface area contributed by atoms with E-state index in [1.165, 1.54) is 24.3 Å². The zero-order chi connectivity index (χ0) is 27.1. The molecule has 0 spiro atoms. The summed E-state index contributed by atoms with van der Waals surface area (Å²) in [6.07, 6.45) is 0.0565. The van der Waals surface area contributed by atoms with Gasteiger partial charge in [-0.3, -0.25) is 4.79 Å². The number of carboxylic acids is 2. The highest BCUT2D eigenvalue weighted by Crippen LogP contribution is 2.57. The average Bonchev–Trinajstić information content (AvgIpc) is 3.49. The Hall–Kier alpha value is -3.92. The maximum atomic E-state index is 14.0. The monoisotopic (exact) mass is 551 g/mol. The molecule has 1 fully saturated rings. The first kappa shape index (κ1) is 25.7. The fourth-order valence-corrected chi connectivity index (χ4v) is 6.57. The summed E-state index contributed by atoms with van der Waals surface area (Å²) in [5.41, 5.74) is 0.510. The molecule has 2 N–H and O–H groups in total. The molecule has 1 aliphatic rings. The van der Waals surface area contributed by atoms with E-state index in [0.29, 0.717) is 10.6 Å². The van der Waals surface area contributed by atoms with E-state index < -0.39 is 40.0 Å². The first-order valence-corrected chi connectivity index (χ1v) is 13.4. The second-order valence-electron chi connectivity index (χ2n) is 9.01. The van der Waals surface area contributed by atoms with E-state index in [1.807, 2.05) is 12.1 Å². The van der Waals surface area contributed by atoms with Crippen LogP contribution < -0.4 is 0 Å². The van der Waals surface area contributed by atoms with Gasteiger partial charge in [0.15, 0.2) is 0 Å². The van der Waals surface area contributed by atoms with Gasteiger partial charge in [-0.05, 0) is 59.5 Å². The van der Waals surface area contributed by atoms with Gasteiger partial charge in [-0.2, -0.15) is 4.31 Å². The minimum Gasteiger partial charge on any atom is -0.480 e. The normalized spacial score (nSPS) is 18.8. The van der Waals surface area contributed by atoms with Crippen molar-refractivity contribution in [1.29, 1.82) is 0 Å². The predicted octanol–water partition coefficient (Wildman–Crippen LogP) is 5.50. The highest BCUT2D eigenvalue weighted by molar-refractivity contribution is 7.89. The van der Waals surface area contributed by atoms with Crippen molar-refractivity contribution in [2.24, 2.45) is 0 Å². The van der Waals surface area contributed by atoms with Crippen molar-refractivity contribution in [2.75, 3.05) is 0 Å². The van der Waals surface area contributed by atoms with Gasteiger partial charge in [-0.1, -0.05) is 66.2 Å². The summed E-state index contributed by atoms with van der Waals surface area (Å²) in [7, 11) is -4.37. The van der Waals surface area contributed by atoms with Crippen LogP contribution in [0.5, 0.6) is 0 Å². The number of sulfonamides is 1. The first-order chi connectivity index (χ1) is 18.1. The lowest BCUT2D eigenvalue weighted by Gasteiger charge is -2.29. The van der Waals surface area contributed by atoms with Gasteiger partial charge >= 0.3 is 11.9 Å². The molecule has 0 amide bonds. The number of hydrogen-bond donors (Lipinski definition) is 2. The van der Waals surface area contributed by atoms with Crippen LogP contribution in [0.2, 0.25) is 5.02 Å². The van der Waals surface area contributed by atoms with Gasteiger partial charge in [-0.15, -0.1) is 0 Å². The van der Waals surface area contributed by atoms with Gasteiger partial charge in [0.2, 0.25) is 15.8 Å². The van der Waals surface area contributed by atoms with Crippen LogP contribution in [0.3, 0.4) is 0 Å². The minimum atomic E-state index is -4.37. The molecule has 194 valence electrons. The predicted molar refractivity (Wildman–Crippen MR) is 139 cm³/mol.